The fraction of sp³-hybridized carbons (Fsp3) is 0. The molecule has 2 heteroatoms. The summed E-state index contributed by atoms with van der Waals surface area (Å²) in [6.45, 7) is 0. The summed E-state index contributed by atoms with van der Waals surface area (Å²) >= 11 is 0. The van der Waals surface area contributed by atoms with E-state index in [1.54, 1.807) is 36.4 Å². The van der Waals surface area contributed by atoms with Crippen LogP contribution in [0.3, 0.4) is 0 Å². The molecule has 0 saturated carbocycles. The smallest absolute Gasteiger partial charge is 0.234 e. The maximum absolute atomic E-state index is 12.6. The highest BCUT2D eigenvalue weighted by Gasteiger charge is 2.19. The molecule has 0 amide bonds. The number of carbonyl (C=O) groups excluding carboxylic acids is 2. The highest BCUT2D eigenvalue weighted by Crippen LogP contribution is 2.16. The predicted molar refractivity (Wildman–Crippen MR) is 96.9 cm³/mol. The summed E-state index contributed by atoms with van der Waals surface area (Å²) in [5.74, 6) is -0.981. The summed E-state index contributed by atoms with van der Waals surface area (Å²) in [6, 6.07) is 25.6. The first-order valence-corrected chi connectivity index (χ1v) is 7.72. The lowest BCUT2D eigenvalue weighted by molar-refractivity contribution is 0.0817. The normalized spacial score (nSPS) is 10.7. The molecule has 0 heterocycles. The number of rotatable bonds is 5. The van der Waals surface area contributed by atoms with Crippen molar-refractivity contribution in [3.63, 3.8) is 0 Å². The maximum Gasteiger partial charge on any atom is 0.234 e. The summed E-state index contributed by atoms with van der Waals surface area (Å²) in [4.78, 5) is 25.0. The molecule has 0 aliphatic heterocycles. The Labute approximate surface area is 141 Å². The van der Waals surface area contributed by atoms with Crippen LogP contribution in [0, 0.1) is 0 Å². The Hall–Kier alpha value is -3.26. The van der Waals surface area contributed by atoms with Crippen LogP contribution < -0.4 is 0 Å². The van der Waals surface area contributed by atoms with Crippen molar-refractivity contribution in [1.82, 2.24) is 0 Å². The van der Waals surface area contributed by atoms with Crippen LogP contribution in [0.1, 0.15) is 31.8 Å². The average molecular weight is 312 g/mol. The zero-order chi connectivity index (χ0) is 16.8. The molecule has 3 aromatic carbocycles. The van der Waals surface area contributed by atoms with E-state index in [2.05, 4.69) is 0 Å². The van der Waals surface area contributed by atoms with Gasteiger partial charge in [-0.25, -0.2) is 0 Å². The molecule has 2 nitrogen and oxygen atoms in total. The van der Waals surface area contributed by atoms with Crippen LogP contribution in [0.25, 0.3) is 12.2 Å². The van der Waals surface area contributed by atoms with Gasteiger partial charge in [0.2, 0.25) is 11.6 Å². The third-order valence-electron chi connectivity index (χ3n) is 3.70. The molecule has 3 aromatic rings. The molecule has 0 bridgehead atoms. The largest absolute Gasteiger partial charge is 0.285 e. The lowest BCUT2D eigenvalue weighted by Crippen LogP contribution is -2.15. The Morgan fingerprint density at radius 3 is 1.88 bits per heavy atom. The third-order valence-corrected chi connectivity index (χ3v) is 3.70. The molecule has 3 rings (SSSR count). The predicted octanol–water partition coefficient (Wildman–Crippen LogP) is 4.92. The quantitative estimate of drug-likeness (QED) is 0.380. The van der Waals surface area contributed by atoms with Crippen LogP contribution in [0.5, 0.6) is 0 Å². The lowest BCUT2D eigenvalue weighted by Gasteiger charge is -2.05. The van der Waals surface area contributed by atoms with E-state index < -0.39 is 11.6 Å². The zero-order valence-electron chi connectivity index (χ0n) is 13.1. The van der Waals surface area contributed by atoms with Crippen LogP contribution in [-0.2, 0) is 0 Å². The van der Waals surface area contributed by atoms with E-state index in [4.69, 9.17) is 0 Å². The van der Waals surface area contributed by atoms with Crippen LogP contribution in [0.15, 0.2) is 84.9 Å². The van der Waals surface area contributed by atoms with Crippen molar-refractivity contribution in [2.75, 3.05) is 0 Å². The van der Waals surface area contributed by atoms with E-state index in [9.17, 15) is 9.59 Å². The molecular formula is C22H16O2. The van der Waals surface area contributed by atoms with Gasteiger partial charge in [0.05, 0.1) is 0 Å². The molecule has 116 valence electrons. The molecule has 0 aliphatic carbocycles. The molecular weight excluding hydrogens is 296 g/mol. The molecule has 0 aliphatic rings. The monoisotopic (exact) mass is 312 g/mol. The molecule has 0 atom stereocenters. The van der Waals surface area contributed by atoms with Gasteiger partial charge in [0.1, 0.15) is 0 Å². The first-order chi connectivity index (χ1) is 11.8. The minimum atomic E-state index is -0.491. The lowest BCUT2D eigenvalue weighted by atomic mass is 9.97. The van der Waals surface area contributed by atoms with Crippen molar-refractivity contribution in [2.45, 2.75) is 0 Å². The van der Waals surface area contributed by atoms with Crippen molar-refractivity contribution in [3.05, 3.63) is 107 Å². The van der Waals surface area contributed by atoms with E-state index >= 15 is 0 Å². The van der Waals surface area contributed by atoms with Crippen molar-refractivity contribution >= 4 is 23.7 Å². The van der Waals surface area contributed by atoms with Gasteiger partial charge in [-0.2, -0.15) is 0 Å². The van der Waals surface area contributed by atoms with Gasteiger partial charge in [-0.1, -0.05) is 97.1 Å². The Morgan fingerprint density at radius 1 is 0.583 bits per heavy atom. The van der Waals surface area contributed by atoms with Crippen LogP contribution >= 0.6 is 0 Å². The van der Waals surface area contributed by atoms with E-state index in [0.717, 1.165) is 11.1 Å². The molecule has 0 fully saturated rings. The number of hydrogen-bond acceptors (Lipinski definition) is 2. The van der Waals surface area contributed by atoms with Crippen molar-refractivity contribution in [3.8, 4) is 0 Å². The second kappa shape index (κ2) is 7.34. The Bertz CT molecular complexity index is 878. The van der Waals surface area contributed by atoms with Gasteiger partial charge in [-0.05, 0) is 11.1 Å². The van der Waals surface area contributed by atoms with E-state index in [1.165, 1.54) is 0 Å². The molecule has 0 aromatic heterocycles. The fourth-order valence-electron chi connectivity index (χ4n) is 2.44. The van der Waals surface area contributed by atoms with Gasteiger partial charge < -0.3 is 0 Å². The standard InChI is InChI=1S/C22H16O2/c23-21(19-12-5-2-6-13-19)22(24)20-14-8-7-11-18(20)16-15-17-9-3-1-4-10-17/h1-16H. The zero-order valence-corrected chi connectivity index (χ0v) is 13.1. The highest BCUT2D eigenvalue weighted by atomic mass is 16.2. The van der Waals surface area contributed by atoms with E-state index in [1.807, 2.05) is 60.7 Å². The number of benzene rings is 3. The highest BCUT2D eigenvalue weighted by molar-refractivity contribution is 6.49. The SMILES string of the molecule is O=C(C(=O)c1ccccc1C=Cc1ccccc1)c1ccccc1. The number of carbonyl (C=O) groups is 2. The van der Waals surface area contributed by atoms with Gasteiger partial charge in [0.25, 0.3) is 0 Å². The Morgan fingerprint density at radius 2 is 1.17 bits per heavy atom. The molecule has 24 heavy (non-hydrogen) atoms. The third kappa shape index (κ3) is 3.55. The number of hydrogen-bond donors (Lipinski definition) is 0. The van der Waals surface area contributed by atoms with E-state index in [0.29, 0.717) is 11.1 Å². The van der Waals surface area contributed by atoms with Crippen LogP contribution in [0.2, 0.25) is 0 Å². The topological polar surface area (TPSA) is 34.1 Å². The number of ketones is 2. The first kappa shape index (κ1) is 15.6. The Kier molecular flexibility index (Phi) is 4.78. The summed E-state index contributed by atoms with van der Waals surface area (Å²) in [5.41, 5.74) is 2.59. The van der Waals surface area contributed by atoms with Gasteiger partial charge in [-0.3, -0.25) is 9.59 Å². The number of Topliss-reactive ketones (excluding diaryl/α,β-unsaturated/α-hetero) is 2. The minimum absolute atomic E-state index is 0.407. The first-order valence-electron chi connectivity index (χ1n) is 7.72. The van der Waals surface area contributed by atoms with Gasteiger partial charge in [0, 0.05) is 11.1 Å². The molecule has 0 N–H and O–H groups in total. The van der Waals surface area contributed by atoms with Gasteiger partial charge in [-0.15, -0.1) is 0 Å². The van der Waals surface area contributed by atoms with Crippen LogP contribution in [-0.4, -0.2) is 11.6 Å². The van der Waals surface area contributed by atoms with Crippen molar-refractivity contribution in [1.29, 1.82) is 0 Å². The summed E-state index contributed by atoms with van der Waals surface area (Å²) < 4.78 is 0. The second-order valence-corrected chi connectivity index (χ2v) is 5.36. The van der Waals surface area contributed by atoms with E-state index in [-0.39, 0.29) is 0 Å². The van der Waals surface area contributed by atoms with Crippen LogP contribution in [0.4, 0.5) is 0 Å². The minimum Gasteiger partial charge on any atom is -0.285 e. The summed E-state index contributed by atoms with van der Waals surface area (Å²) in [6.07, 6.45) is 3.79. The van der Waals surface area contributed by atoms with Crippen molar-refractivity contribution in [2.24, 2.45) is 0 Å². The second-order valence-electron chi connectivity index (χ2n) is 5.36. The molecule has 0 saturated heterocycles. The Balaban J connectivity index is 1.90. The fourth-order valence-corrected chi connectivity index (χ4v) is 2.44. The molecule has 0 radical (unpaired) electrons. The molecule has 0 unspecified atom stereocenters. The summed E-state index contributed by atoms with van der Waals surface area (Å²) in [7, 11) is 0. The average Bonchev–Trinajstić information content (AvgIpc) is 2.67. The summed E-state index contributed by atoms with van der Waals surface area (Å²) in [5, 5.41) is 0. The van der Waals surface area contributed by atoms with Gasteiger partial charge in [0.15, 0.2) is 0 Å². The van der Waals surface area contributed by atoms with Crippen molar-refractivity contribution < 1.29 is 9.59 Å². The van der Waals surface area contributed by atoms with Gasteiger partial charge >= 0.3 is 0 Å². The maximum atomic E-state index is 12.6. The molecule has 0 spiro atoms.